The highest BCUT2D eigenvalue weighted by molar-refractivity contribution is 7.92. The molecule has 0 aliphatic carbocycles. The zero-order chi connectivity index (χ0) is 15.6. The maximum absolute atomic E-state index is 13.7. The predicted molar refractivity (Wildman–Crippen MR) is 73.4 cm³/mol. The first-order valence-corrected chi connectivity index (χ1v) is 7.36. The molecule has 0 atom stereocenters. The Morgan fingerprint density at radius 2 is 2.19 bits per heavy atom. The maximum Gasteiger partial charge on any atom is 0.264 e. The second-order valence-electron chi connectivity index (χ2n) is 4.43. The third-order valence-electron chi connectivity index (χ3n) is 2.58. The second-order valence-corrected chi connectivity index (χ2v) is 6.08. The molecule has 112 valence electrons. The van der Waals surface area contributed by atoms with Gasteiger partial charge in [-0.1, -0.05) is 6.07 Å². The number of hydrogen-bond acceptors (Lipinski definition) is 4. The van der Waals surface area contributed by atoms with Gasteiger partial charge in [0.1, 0.15) is 17.3 Å². The summed E-state index contributed by atoms with van der Waals surface area (Å²) < 4.78 is 41.3. The van der Waals surface area contributed by atoms with Gasteiger partial charge in [0.15, 0.2) is 0 Å². The van der Waals surface area contributed by atoms with Gasteiger partial charge >= 0.3 is 0 Å². The van der Waals surface area contributed by atoms with Crippen molar-refractivity contribution in [3.05, 3.63) is 42.0 Å². The monoisotopic (exact) mass is 312 g/mol. The molecule has 21 heavy (non-hydrogen) atoms. The van der Waals surface area contributed by atoms with Crippen molar-refractivity contribution in [2.45, 2.75) is 18.4 Å². The first-order valence-electron chi connectivity index (χ1n) is 5.87. The van der Waals surface area contributed by atoms with Gasteiger partial charge in [-0.05, 0) is 24.6 Å². The molecule has 0 aliphatic rings. The van der Waals surface area contributed by atoms with E-state index in [1.54, 1.807) is 6.92 Å². The van der Waals surface area contributed by atoms with Gasteiger partial charge < -0.3 is 5.73 Å². The Kier molecular flexibility index (Phi) is 3.94. The Morgan fingerprint density at radius 1 is 1.48 bits per heavy atom. The molecule has 7 nitrogen and oxygen atoms in total. The molecule has 0 unspecified atom stereocenters. The lowest BCUT2D eigenvalue weighted by Crippen LogP contribution is -2.18. The molecule has 0 spiro atoms. The summed E-state index contributed by atoms with van der Waals surface area (Å²) in [7, 11) is -4.07. The summed E-state index contributed by atoms with van der Waals surface area (Å²) in [6.07, 6.45) is 2.49. The zero-order valence-corrected chi connectivity index (χ0v) is 11.9. The van der Waals surface area contributed by atoms with Crippen LogP contribution in [-0.2, 0) is 21.4 Å². The van der Waals surface area contributed by atoms with Gasteiger partial charge in [-0.25, -0.2) is 12.8 Å². The second kappa shape index (κ2) is 5.52. The van der Waals surface area contributed by atoms with Crippen LogP contribution in [0.2, 0.25) is 0 Å². The number of nitrogens with one attached hydrogen (secondary N) is 1. The number of sulfonamides is 1. The van der Waals surface area contributed by atoms with E-state index in [1.165, 1.54) is 29.2 Å². The summed E-state index contributed by atoms with van der Waals surface area (Å²) in [6, 6.07) is 3.81. The molecule has 0 saturated carbocycles. The first-order chi connectivity index (χ1) is 9.78. The molecule has 1 aromatic carbocycles. The van der Waals surface area contributed by atoms with E-state index >= 15 is 0 Å². The lowest BCUT2D eigenvalue weighted by Gasteiger charge is -2.07. The minimum atomic E-state index is -4.07. The van der Waals surface area contributed by atoms with Gasteiger partial charge in [-0.15, -0.1) is 0 Å². The molecule has 1 aromatic heterocycles. The van der Waals surface area contributed by atoms with Gasteiger partial charge in [0.2, 0.25) is 5.91 Å². The highest BCUT2D eigenvalue weighted by Gasteiger charge is 2.19. The summed E-state index contributed by atoms with van der Waals surface area (Å²) in [6.45, 7) is 1.47. The zero-order valence-electron chi connectivity index (χ0n) is 11.1. The van der Waals surface area contributed by atoms with E-state index in [1.807, 2.05) is 0 Å². The molecule has 0 saturated heterocycles. The average molecular weight is 312 g/mol. The van der Waals surface area contributed by atoms with E-state index in [-0.39, 0.29) is 12.2 Å². The quantitative estimate of drug-likeness (QED) is 0.843. The topological polar surface area (TPSA) is 107 Å². The highest BCUT2D eigenvalue weighted by Crippen LogP contribution is 2.19. The van der Waals surface area contributed by atoms with Crippen molar-refractivity contribution in [3.63, 3.8) is 0 Å². The number of nitrogens with two attached hydrogens (primary N) is 1. The third-order valence-corrected chi connectivity index (χ3v) is 3.99. The number of primary amides is 1. The summed E-state index contributed by atoms with van der Waals surface area (Å²) in [4.78, 5) is 10.3. The van der Waals surface area contributed by atoms with Crippen molar-refractivity contribution in [2.24, 2.45) is 5.73 Å². The Morgan fingerprint density at radius 3 is 2.81 bits per heavy atom. The van der Waals surface area contributed by atoms with Crippen LogP contribution in [0.5, 0.6) is 0 Å². The molecule has 0 fully saturated rings. The Hall–Kier alpha value is -2.42. The van der Waals surface area contributed by atoms with E-state index in [4.69, 9.17) is 5.73 Å². The molecule has 9 heteroatoms. The highest BCUT2D eigenvalue weighted by atomic mass is 32.2. The number of aromatic nitrogens is 2. The maximum atomic E-state index is 13.7. The number of carbonyl (C=O) groups is 1. The normalized spacial score (nSPS) is 11.3. The van der Waals surface area contributed by atoms with Crippen LogP contribution in [0.25, 0.3) is 0 Å². The molecule has 3 N–H and O–H groups in total. The van der Waals surface area contributed by atoms with Gasteiger partial charge in [0, 0.05) is 6.20 Å². The van der Waals surface area contributed by atoms with Crippen LogP contribution in [0.3, 0.4) is 0 Å². The molecule has 1 heterocycles. The van der Waals surface area contributed by atoms with E-state index in [2.05, 4.69) is 9.82 Å². The van der Waals surface area contributed by atoms with Crippen molar-refractivity contribution in [1.82, 2.24) is 9.78 Å². The Balaban J connectivity index is 2.25. The van der Waals surface area contributed by atoms with Crippen molar-refractivity contribution in [2.75, 3.05) is 4.72 Å². The van der Waals surface area contributed by atoms with E-state index in [9.17, 15) is 17.6 Å². The summed E-state index contributed by atoms with van der Waals surface area (Å²) >= 11 is 0. The van der Waals surface area contributed by atoms with E-state index in [0.717, 1.165) is 6.07 Å². The lowest BCUT2D eigenvalue weighted by molar-refractivity contribution is -0.118. The molecule has 2 aromatic rings. The fourth-order valence-corrected chi connectivity index (χ4v) is 2.78. The number of hydrogen-bond donors (Lipinski definition) is 2. The predicted octanol–water partition coefficient (Wildman–Crippen LogP) is 0.617. The third kappa shape index (κ3) is 3.57. The molecular formula is C12H13FN4O3S. The fourth-order valence-electron chi connectivity index (χ4n) is 1.70. The molecular weight excluding hydrogens is 299 g/mol. The smallest absolute Gasteiger partial charge is 0.264 e. The van der Waals surface area contributed by atoms with Gasteiger partial charge in [-0.2, -0.15) is 5.10 Å². The van der Waals surface area contributed by atoms with Crippen molar-refractivity contribution >= 4 is 21.6 Å². The van der Waals surface area contributed by atoms with E-state index < -0.39 is 26.6 Å². The van der Waals surface area contributed by atoms with Crippen molar-refractivity contribution < 1.29 is 17.6 Å². The largest absolute Gasteiger partial charge is 0.368 e. The number of benzene rings is 1. The van der Waals surface area contributed by atoms with Crippen LogP contribution < -0.4 is 10.5 Å². The Bertz CT molecular complexity index is 786. The minimum absolute atomic E-state index is 0.108. The first kappa shape index (κ1) is 15.0. The van der Waals surface area contributed by atoms with Crippen LogP contribution in [0.1, 0.15) is 5.56 Å². The number of halogens is 1. The average Bonchev–Trinajstić information content (AvgIpc) is 2.73. The van der Waals surface area contributed by atoms with E-state index in [0.29, 0.717) is 5.56 Å². The lowest BCUT2D eigenvalue weighted by atomic mass is 10.2. The van der Waals surface area contributed by atoms with Crippen LogP contribution in [0, 0.1) is 12.7 Å². The number of nitrogens with zero attached hydrogens (tertiary/aromatic N) is 2. The minimum Gasteiger partial charge on any atom is -0.368 e. The SMILES string of the molecule is Cc1ccc(S(=O)(=O)Nc2cnn(CC(N)=O)c2)c(F)c1. The number of carbonyl (C=O) groups excluding carboxylic acids is 1. The number of amides is 1. The Labute approximate surface area is 120 Å². The number of anilines is 1. The number of rotatable bonds is 5. The standard InChI is InChI=1S/C12H13FN4O3S/c1-8-2-3-11(10(13)4-8)21(19,20)16-9-5-15-17(6-9)7-12(14)18/h2-6,16H,7H2,1H3,(H2,14,18). The van der Waals surface area contributed by atoms with Gasteiger partial charge in [0.25, 0.3) is 10.0 Å². The van der Waals surface area contributed by atoms with Crippen LogP contribution in [0.4, 0.5) is 10.1 Å². The van der Waals surface area contributed by atoms with Crippen molar-refractivity contribution in [3.8, 4) is 0 Å². The molecule has 0 bridgehead atoms. The summed E-state index contributed by atoms with van der Waals surface area (Å²) in [5.74, 6) is -1.45. The molecule has 0 radical (unpaired) electrons. The molecule has 1 amide bonds. The van der Waals surface area contributed by atoms with Gasteiger partial charge in [0.05, 0.1) is 11.9 Å². The van der Waals surface area contributed by atoms with Gasteiger partial charge in [-0.3, -0.25) is 14.2 Å². The fraction of sp³-hybridized carbons (Fsp3) is 0.167. The number of aryl methyl sites for hydroxylation is 1. The molecule has 2 rings (SSSR count). The summed E-state index contributed by atoms with van der Waals surface area (Å²) in [5.41, 5.74) is 5.72. The van der Waals surface area contributed by atoms with Crippen molar-refractivity contribution in [1.29, 1.82) is 0 Å². The van der Waals surface area contributed by atoms with Crippen LogP contribution >= 0.6 is 0 Å². The summed E-state index contributed by atoms with van der Waals surface area (Å²) in [5, 5.41) is 3.77. The molecule has 0 aliphatic heterocycles. The van der Waals surface area contributed by atoms with Crippen LogP contribution in [0.15, 0.2) is 35.5 Å². The van der Waals surface area contributed by atoms with Crippen LogP contribution in [-0.4, -0.2) is 24.1 Å².